The summed E-state index contributed by atoms with van der Waals surface area (Å²) in [5, 5.41) is 2.83. The first-order valence-corrected chi connectivity index (χ1v) is 6.35. The van der Waals surface area contributed by atoms with Crippen molar-refractivity contribution in [3.8, 4) is 5.88 Å². The highest BCUT2D eigenvalue weighted by atomic mass is 19.4. The van der Waals surface area contributed by atoms with E-state index in [0.717, 1.165) is 18.6 Å². The first-order valence-electron chi connectivity index (χ1n) is 6.35. The van der Waals surface area contributed by atoms with E-state index in [0.29, 0.717) is 6.54 Å². The standard InChI is InChI=1S/C13H19F3N2O2/c1-4-5-17-11-6-10(13(14,15)16)7-12(18-11)20-9(2)8-19-3/h6-7,9H,4-5,8H2,1-3H3,(H,17,18). The molecule has 1 aromatic rings. The second-order valence-electron chi connectivity index (χ2n) is 4.39. The molecule has 7 heteroatoms. The van der Waals surface area contributed by atoms with Crippen molar-refractivity contribution in [1.82, 2.24) is 4.98 Å². The number of methoxy groups -OCH3 is 1. The number of nitrogens with one attached hydrogen (secondary N) is 1. The summed E-state index contributed by atoms with van der Waals surface area (Å²) in [4.78, 5) is 4.02. The predicted octanol–water partition coefficient (Wildman–Crippen LogP) is 3.34. The van der Waals surface area contributed by atoms with E-state index < -0.39 is 11.7 Å². The van der Waals surface area contributed by atoms with Gasteiger partial charge in [0, 0.05) is 19.7 Å². The quantitative estimate of drug-likeness (QED) is 0.837. The van der Waals surface area contributed by atoms with Gasteiger partial charge < -0.3 is 14.8 Å². The molecule has 1 atom stereocenters. The van der Waals surface area contributed by atoms with Crippen LogP contribution >= 0.6 is 0 Å². The van der Waals surface area contributed by atoms with Gasteiger partial charge in [-0.25, -0.2) is 0 Å². The van der Waals surface area contributed by atoms with Crippen LogP contribution in [0.5, 0.6) is 5.88 Å². The van der Waals surface area contributed by atoms with Crippen molar-refractivity contribution in [3.63, 3.8) is 0 Å². The first-order chi connectivity index (χ1) is 9.36. The van der Waals surface area contributed by atoms with Crippen LogP contribution < -0.4 is 10.1 Å². The van der Waals surface area contributed by atoms with Gasteiger partial charge >= 0.3 is 6.18 Å². The molecule has 0 saturated heterocycles. The number of pyridine rings is 1. The van der Waals surface area contributed by atoms with E-state index in [-0.39, 0.29) is 24.4 Å². The lowest BCUT2D eigenvalue weighted by atomic mass is 10.2. The lowest BCUT2D eigenvalue weighted by Crippen LogP contribution is -2.19. The zero-order valence-electron chi connectivity index (χ0n) is 11.8. The van der Waals surface area contributed by atoms with Gasteiger partial charge in [-0.15, -0.1) is 0 Å². The van der Waals surface area contributed by atoms with Crippen LogP contribution in [0.25, 0.3) is 0 Å². The van der Waals surface area contributed by atoms with Gasteiger partial charge in [0.25, 0.3) is 0 Å². The van der Waals surface area contributed by atoms with E-state index in [1.807, 2.05) is 6.92 Å². The number of hydrogen-bond acceptors (Lipinski definition) is 4. The minimum Gasteiger partial charge on any atom is -0.472 e. The van der Waals surface area contributed by atoms with Crippen LogP contribution in [-0.4, -0.2) is 31.3 Å². The topological polar surface area (TPSA) is 43.4 Å². The Morgan fingerprint density at radius 2 is 2.05 bits per heavy atom. The lowest BCUT2D eigenvalue weighted by Gasteiger charge is -2.16. The van der Waals surface area contributed by atoms with Crippen molar-refractivity contribution >= 4 is 5.82 Å². The van der Waals surface area contributed by atoms with Crippen LogP contribution in [0.15, 0.2) is 12.1 Å². The molecule has 0 spiro atoms. The molecule has 1 heterocycles. The Balaban J connectivity index is 2.97. The van der Waals surface area contributed by atoms with Crippen LogP contribution in [0, 0.1) is 0 Å². The predicted molar refractivity (Wildman–Crippen MR) is 70.0 cm³/mol. The van der Waals surface area contributed by atoms with Crippen LogP contribution in [0.2, 0.25) is 0 Å². The number of rotatable bonds is 7. The molecule has 0 aliphatic carbocycles. The Hall–Kier alpha value is -1.50. The molecular formula is C13H19F3N2O2. The summed E-state index contributed by atoms with van der Waals surface area (Å²) >= 11 is 0. The van der Waals surface area contributed by atoms with E-state index in [9.17, 15) is 13.2 Å². The van der Waals surface area contributed by atoms with Crippen molar-refractivity contribution in [2.75, 3.05) is 25.6 Å². The molecule has 1 rings (SSSR count). The van der Waals surface area contributed by atoms with Crippen LogP contribution in [0.4, 0.5) is 19.0 Å². The number of nitrogens with zero attached hydrogens (tertiary/aromatic N) is 1. The van der Waals surface area contributed by atoms with Crippen molar-refractivity contribution in [3.05, 3.63) is 17.7 Å². The van der Waals surface area contributed by atoms with E-state index in [4.69, 9.17) is 9.47 Å². The summed E-state index contributed by atoms with van der Waals surface area (Å²) in [5.41, 5.74) is -0.786. The Morgan fingerprint density at radius 3 is 2.60 bits per heavy atom. The van der Waals surface area contributed by atoms with Gasteiger partial charge in [0.2, 0.25) is 5.88 Å². The molecule has 0 bridgehead atoms. The molecular weight excluding hydrogens is 273 g/mol. The number of hydrogen-bond donors (Lipinski definition) is 1. The molecule has 0 amide bonds. The minimum atomic E-state index is -4.44. The number of anilines is 1. The molecule has 114 valence electrons. The van der Waals surface area contributed by atoms with E-state index >= 15 is 0 Å². The largest absolute Gasteiger partial charge is 0.472 e. The highest BCUT2D eigenvalue weighted by Crippen LogP contribution is 2.32. The summed E-state index contributed by atoms with van der Waals surface area (Å²) in [6, 6.07) is 1.87. The monoisotopic (exact) mass is 292 g/mol. The van der Waals surface area contributed by atoms with Gasteiger partial charge in [0.1, 0.15) is 11.9 Å². The SMILES string of the molecule is CCCNc1cc(C(F)(F)F)cc(OC(C)COC)n1. The fraction of sp³-hybridized carbons (Fsp3) is 0.615. The number of halogens is 3. The molecule has 0 saturated carbocycles. The second kappa shape index (κ2) is 7.33. The Labute approximate surface area is 116 Å². The molecule has 0 fully saturated rings. The fourth-order valence-corrected chi connectivity index (χ4v) is 1.55. The smallest absolute Gasteiger partial charge is 0.416 e. The third-order valence-corrected chi connectivity index (χ3v) is 2.41. The van der Waals surface area contributed by atoms with Crippen LogP contribution in [0.3, 0.4) is 0 Å². The highest BCUT2D eigenvalue weighted by Gasteiger charge is 2.32. The summed E-state index contributed by atoms with van der Waals surface area (Å²) in [5.74, 6) is 0.0873. The Kier molecular flexibility index (Phi) is 6.06. The third-order valence-electron chi connectivity index (χ3n) is 2.41. The Morgan fingerprint density at radius 1 is 1.35 bits per heavy atom. The maximum atomic E-state index is 12.8. The molecule has 0 aliphatic rings. The Bertz CT molecular complexity index is 425. The molecule has 20 heavy (non-hydrogen) atoms. The minimum absolute atomic E-state index is 0.0667. The summed E-state index contributed by atoms with van der Waals surface area (Å²) in [7, 11) is 1.49. The highest BCUT2D eigenvalue weighted by molar-refractivity contribution is 5.42. The lowest BCUT2D eigenvalue weighted by molar-refractivity contribution is -0.137. The van der Waals surface area contributed by atoms with Crippen molar-refractivity contribution < 1.29 is 22.6 Å². The van der Waals surface area contributed by atoms with Gasteiger partial charge in [-0.05, 0) is 19.4 Å². The number of ether oxygens (including phenoxy) is 2. The fourth-order valence-electron chi connectivity index (χ4n) is 1.55. The molecule has 0 aliphatic heterocycles. The average molecular weight is 292 g/mol. The number of alkyl halides is 3. The van der Waals surface area contributed by atoms with Crippen LogP contribution in [-0.2, 0) is 10.9 Å². The molecule has 1 aromatic heterocycles. The van der Waals surface area contributed by atoms with Gasteiger partial charge in [-0.2, -0.15) is 18.2 Å². The zero-order chi connectivity index (χ0) is 15.2. The third kappa shape index (κ3) is 5.24. The van der Waals surface area contributed by atoms with Crippen LogP contribution in [0.1, 0.15) is 25.8 Å². The summed E-state index contributed by atoms with van der Waals surface area (Å²) in [6.07, 6.45) is -4.03. The maximum Gasteiger partial charge on any atom is 0.416 e. The molecule has 0 radical (unpaired) electrons. The molecule has 1 unspecified atom stereocenters. The average Bonchev–Trinajstić information content (AvgIpc) is 2.35. The van der Waals surface area contributed by atoms with Crippen molar-refractivity contribution in [2.45, 2.75) is 32.5 Å². The molecule has 0 aromatic carbocycles. The van der Waals surface area contributed by atoms with Crippen molar-refractivity contribution in [1.29, 1.82) is 0 Å². The van der Waals surface area contributed by atoms with Crippen molar-refractivity contribution in [2.24, 2.45) is 0 Å². The van der Waals surface area contributed by atoms with E-state index in [1.54, 1.807) is 6.92 Å². The first kappa shape index (κ1) is 16.6. The van der Waals surface area contributed by atoms with Gasteiger partial charge in [-0.3, -0.25) is 0 Å². The maximum absolute atomic E-state index is 12.8. The second-order valence-corrected chi connectivity index (χ2v) is 4.39. The zero-order valence-corrected chi connectivity index (χ0v) is 11.8. The summed E-state index contributed by atoms with van der Waals surface area (Å²) < 4.78 is 48.7. The van der Waals surface area contributed by atoms with Gasteiger partial charge in [0.15, 0.2) is 0 Å². The van der Waals surface area contributed by atoms with E-state index in [1.165, 1.54) is 7.11 Å². The normalized spacial score (nSPS) is 13.1. The van der Waals surface area contributed by atoms with E-state index in [2.05, 4.69) is 10.3 Å². The summed E-state index contributed by atoms with van der Waals surface area (Å²) in [6.45, 7) is 4.43. The molecule has 4 nitrogen and oxygen atoms in total. The van der Waals surface area contributed by atoms with Gasteiger partial charge in [0.05, 0.1) is 12.2 Å². The number of aromatic nitrogens is 1. The molecule has 1 N–H and O–H groups in total. The van der Waals surface area contributed by atoms with Gasteiger partial charge in [-0.1, -0.05) is 6.92 Å².